The molecule has 0 aliphatic carbocycles. The fourth-order valence-electron chi connectivity index (χ4n) is 3.73. The van der Waals surface area contributed by atoms with Crippen molar-refractivity contribution >= 4 is 17.8 Å². The molecule has 1 rings (SSSR count). The molecule has 0 aromatic heterocycles. The van der Waals surface area contributed by atoms with E-state index in [1.54, 1.807) is 11.8 Å². The van der Waals surface area contributed by atoms with Crippen LogP contribution in [0.15, 0.2) is 30.3 Å². The van der Waals surface area contributed by atoms with Crippen molar-refractivity contribution < 1.29 is 24.2 Å². The number of amides is 2. The molecule has 0 heterocycles. The summed E-state index contributed by atoms with van der Waals surface area (Å²) >= 11 is 0. The van der Waals surface area contributed by atoms with Gasteiger partial charge in [-0.05, 0) is 24.3 Å². The van der Waals surface area contributed by atoms with Gasteiger partial charge in [0.1, 0.15) is 6.04 Å². The molecule has 0 aliphatic rings. The molecule has 1 aromatic rings. The molecule has 0 aliphatic heterocycles. The second kappa shape index (κ2) is 15.4. The van der Waals surface area contributed by atoms with E-state index in [2.05, 4.69) is 19.2 Å². The molecule has 33 heavy (non-hydrogen) atoms. The van der Waals surface area contributed by atoms with Crippen LogP contribution in [-0.4, -0.2) is 60.1 Å². The van der Waals surface area contributed by atoms with Gasteiger partial charge in [0, 0.05) is 33.0 Å². The Bertz CT molecular complexity index is 725. The fraction of sp³-hybridized carbons (Fsp3) is 0.654. The van der Waals surface area contributed by atoms with Crippen LogP contribution in [0, 0.1) is 11.8 Å². The highest BCUT2D eigenvalue weighted by molar-refractivity contribution is 5.85. The number of carbonyl (C=O) groups excluding carboxylic acids is 2. The van der Waals surface area contributed by atoms with Crippen LogP contribution in [0.5, 0.6) is 0 Å². The first-order chi connectivity index (χ1) is 15.7. The van der Waals surface area contributed by atoms with E-state index in [4.69, 9.17) is 4.74 Å². The van der Waals surface area contributed by atoms with Crippen molar-refractivity contribution in [3.05, 3.63) is 35.9 Å². The summed E-state index contributed by atoms with van der Waals surface area (Å²) in [5.41, 5.74) is 0.832. The van der Waals surface area contributed by atoms with E-state index in [0.717, 1.165) is 31.2 Å². The number of carbonyl (C=O) groups is 3. The molecule has 7 nitrogen and oxygen atoms in total. The average molecular weight is 463 g/mol. The summed E-state index contributed by atoms with van der Waals surface area (Å²) in [6.45, 7) is 8.97. The SMILES string of the molecule is CCCN(C[C@H](OC)[C@@H](C)C(=O)N[C@@H](Cc1ccccc1)C(=O)O)C(=O)CCC[C@@H](C)CC. The predicted molar refractivity (Wildman–Crippen MR) is 130 cm³/mol. The Labute approximate surface area is 198 Å². The molecule has 186 valence electrons. The smallest absolute Gasteiger partial charge is 0.326 e. The first-order valence-corrected chi connectivity index (χ1v) is 12.1. The average Bonchev–Trinajstić information content (AvgIpc) is 2.81. The standard InChI is InChI=1S/C26H42N2O5/c1-6-16-28(24(29)15-11-12-19(3)7-2)18-23(33-5)20(4)25(30)27-22(26(31)32)17-21-13-9-8-10-14-21/h8-10,13-14,19-20,22-23H,6-7,11-12,15-18H2,1-5H3,(H,27,30)(H,31,32)/t19-,20+,22-,23-/m0/s1. The number of nitrogens with zero attached hydrogens (tertiary/aromatic N) is 1. The van der Waals surface area contributed by atoms with Crippen LogP contribution >= 0.6 is 0 Å². The van der Waals surface area contributed by atoms with Gasteiger partial charge in [0.25, 0.3) is 0 Å². The topological polar surface area (TPSA) is 95.9 Å². The van der Waals surface area contributed by atoms with Crippen molar-refractivity contribution in [1.82, 2.24) is 10.2 Å². The van der Waals surface area contributed by atoms with Gasteiger partial charge >= 0.3 is 5.97 Å². The maximum Gasteiger partial charge on any atom is 0.326 e. The summed E-state index contributed by atoms with van der Waals surface area (Å²) < 4.78 is 5.58. The monoisotopic (exact) mass is 462 g/mol. The van der Waals surface area contributed by atoms with E-state index in [0.29, 0.717) is 25.4 Å². The summed E-state index contributed by atoms with van der Waals surface area (Å²) in [4.78, 5) is 39.2. The Morgan fingerprint density at radius 1 is 1.12 bits per heavy atom. The zero-order valence-corrected chi connectivity index (χ0v) is 20.9. The molecule has 0 radical (unpaired) electrons. The Morgan fingerprint density at radius 3 is 2.33 bits per heavy atom. The predicted octanol–water partition coefficient (Wildman–Crippen LogP) is 3.90. The number of ether oxygens (including phenoxy) is 1. The van der Waals surface area contributed by atoms with Crippen molar-refractivity contribution in [1.29, 1.82) is 0 Å². The molecule has 0 fully saturated rings. The molecule has 0 unspecified atom stereocenters. The first-order valence-electron chi connectivity index (χ1n) is 12.1. The zero-order chi connectivity index (χ0) is 24.8. The second-order valence-electron chi connectivity index (χ2n) is 8.90. The Hall–Kier alpha value is -2.41. The van der Waals surface area contributed by atoms with Crippen LogP contribution in [0.4, 0.5) is 0 Å². The van der Waals surface area contributed by atoms with E-state index in [9.17, 15) is 19.5 Å². The number of hydrogen-bond acceptors (Lipinski definition) is 4. The molecule has 0 saturated carbocycles. The highest BCUT2D eigenvalue weighted by Gasteiger charge is 2.30. The quantitative estimate of drug-likeness (QED) is 0.388. The molecule has 0 bridgehead atoms. The van der Waals surface area contributed by atoms with Gasteiger partial charge in [-0.3, -0.25) is 9.59 Å². The van der Waals surface area contributed by atoms with Gasteiger partial charge in [0.15, 0.2) is 0 Å². The third-order valence-electron chi connectivity index (χ3n) is 6.20. The van der Waals surface area contributed by atoms with Gasteiger partial charge in [0.05, 0.1) is 12.0 Å². The summed E-state index contributed by atoms with van der Waals surface area (Å²) in [5, 5.41) is 12.2. The number of carboxylic acids is 1. The molecular formula is C26H42N2O5. The minimum absolute atomic E-state index is 0.0716. The van der Waals surface area contributed by atoms with E-state index in [1.165, 1.54) is 7.11 Å². The minimum Gasteiger partial charge on any atom is -0.480 e. The number of aliphatic carboxylic acids is 1. The van der Waals surface area contributed by atoms with Crippen molar-refractivity contribution in [2.75, 3.05) is 20.2 Å². The number of rotatable bonds is 16. The zero-order valence-electron chi connectivity index (χ0n) is 20.9. The van der Waals surface area contributed by atoms with Crippen LogP contribution in [0.2, 0.25) is 0 Å². The Kier molecular flexibility index (Phi) is 13.4. The third-order valence-corrected chi connectivity index (χ3v) is 6.20. The molecule has 1 aromatic carbocycles. The third kappa shape index (κ3) is 10.4. The number of methoxy groups -OCH3 is 1. The molecule has 2 amide bonds. The van der Waals surface area contributed by atoms with Gasteiger partial charge in [0.2, 0.25) is 11.8 Å². The summed E-state index contributed by atoms with van der Waals surface area (Å²) in [5.74, 6) is -1.42. The van der Waals surface area contributed by atoms with Crippen LogP contribution < -0.4 is 5.32 Å². The lowest BCUT2D eigenvalue weighted by atomic mass is 9.99. The van der Waals surface area contributed by atoms with E-state index >= 15 is 0 Å². The lowest BCUT2D eigenvalue weighted by Crippen LogP contribution is -2.49. The lowest BCUT2D eigenvalue weighted by Gasteiger charge is -2.30. The minimum atomic E-state index is -1.09. The molecule has 4 atom stereocenters. The molecular weight excluding hydrogens is 420 g/mol. The maximum absolute atomic E-state index is 12.9. The maximum atomic E-state index is 12.9. The Morgan fingerprint density at radius 2 is 1.79 bits per heavy atom. The Balaban J connectivity index is 2.75. The van der Waals surface area contributed by atoms with Crippen molar-refractivity contribution in [3.63, 3.8) is 0 Å². The molecule has 0 spiro atoms. The van der Waals surface area contributed by atoms with Crippen molar-refractivity contribution in [2.45, 2.75) is 78.4 Å². The van der Waals surface area contributed by atoms with Gasteiger partial charge in [-0.25, -0.2) is 4.79 Å². The van der Waals surface area contributed by atoms with Gasteiger partial charge in [-0.1, -0.05) is 70.9 Å². The van der Waals surface area contributed by atoms with E-state index < -0.39 is 29.9 Å². The van der Waals surface area contributed by atoms with Crippen LogP contribution in [0.25, 0.3) is 0 Å². The number of nitrogens with one attached hydrogen (secondary N) is 1. The van der Waals surface area contributed by atoms with Gasteiger partial charge in [-0.2, -0.15) is 0 Å². The molecule has 0 saturated heterocycles. The van der Waals surface area contributed by atoms with Crippen LogP contribution in [0.3, 0.4) is 0 Å². The molecule has 2 N–H and O–H groups in total. The largest absolute Gasteiger partial charge is 0.480 e. The number of benzene rings is 1. The summed E-state index contributed by atoms with van der Waals surface area (Å²) in [7, 11) is 1.52. The fourth-order valence-corrected chi connectivity index (χ4v) is 3.73. The van der Waals surface area contributed by atoms with E-state index in [-0.39, 0.29) is 12.3 Å². The molecule has 7 heteroatoms. The van der Waals surface area contributed by atoms with E-state index in [1.807, 2.05) is 37.3 Å². The van der Waals surface area contributed by atoms with Gasteiger partial charge in [-0.15, -0.1) is 0 Å². The van der Waals surface area contributed by atoms with Crippen molar-refractivity contribution in [2.24, 2.45) is 11.8 Å². The van der Waals surface area contributed by atoms with Crippen LogP contribution in [0.1, 0.15) is 65.4 Å². The van der Waals surface area contributed by atoms with Crippen molar-refractivity contribution in [3.8, 4) is 0 Å². The summed E-state index contributed by atoms with van der Waals surface area (Å²) in [6.07, 6.45) is 3.94. The highest BCUT2D eigenvalue weighted by atomic mass is 16.5. The van der Waals surface area contributed by atoms with Gasteiger partial charge < -0.3 is 20.1 Å². The second-order valence-corrected chi connectivity index (χ2v) is 8.90. The first kappa shape index (κ1) is 28.6. The van der Waals surface area contributed by atoms with Crippen LogP contribution in [-0.2, 0) is 25.5 Å². The highest BCUT2D eigenvalue weighted by Crippen LogP contribution is 2.15. The number of carboxylic acid groups (broad SMARTS) is 1. The lowest BCUT2D eigenvalue weighted by molar-refractivity contribution is -0.143. The normalized spacial score (nSPS) is 14.7. The summed E-state index contributed by atoms with van der Waals surface area (Å²) in [6, 6.07) is 8.16. The number of hydrogen-bond donors (Lipinski definition) is 2.